The van der Waals surface area contributed by atoms with Crippen molar-refractivity contribution in [3.63, 3.8) is 0 Å². The van der Waals surface area contributed by atoms with Crippen LogP contribution in [0, 0.1) is 13.8 Å². The van der Waals surface area contributed by atoms with Gasteiger partial charge in [-0.2, -0.15) is 5.10 Å². The molecule has 5 nitrogen and oxygen atoms in total. The maximum absolute atomic E-state index is 12.3. The van der Waals surface area contributed by atoms with Gasteiger partial charge in [-0.1, -0.05) is 6.92 Å². The topological polar surface area (TPSA) is 59.0 Å². The second-order valence-electron chi connectivity index (χ2n) is 5.27. The summed E-state index contributed by atoms with van der Waals surface area (Å²) >= 11 is 0. The zero-order valence-electron chi connectivity index (χ0n) is 12.1. The van der Waals surface area contributed by atoms with E-state index in [0.29, 0.717) is 12.6 Å². The molecule has 0 radical (unpaired) electrons. The zero-order valence-corrected chi connectivity index (χ0v) is 12.1. The van der Waals surface area contributed by atoms with Gasteiger partial charge in [0, 0.05) is 24.8 Å². The molecule has 0 aliphatic carbocycles. The first-order chi connectivity index (χ1) is 9.13. The highest BCUT2D eigenvalue weighted by atomic mass is 16.1. The third-order valence-corrected chi connectivity index (χ3v) is 3.72. The maximum Gasteiger partial charge on any atom is 0.255 e. The second-order valence-corrected chi connectivity index (χ2v) is 5.27. The number of aryl methyl sites for hydroxylation is 2. The summed E-state index contributed by atoms with van der Waals surface area (Å²) in [5, 5.41) is 10.8. The summed E-state index contributed by atoms with van der Waals surface area (Å²) < 4.78 is 1.93. The van der Waals surface area contributed by atoms with Gasteiger partial charge in [-0.3, -0.25) is 9.48 Å². The number of hydrogen-bond acceptors (Lipinski definition) is 3. The van der Waals surface area contributed by atoms with Crippen LogP contribution in [-0.4, -0.2) is 34.8 Å². The smallest absolute Gasteiger partial charge is 0.255 e. The van der Waals surface area contributed by atoms with E-state index in [0.717, 1.165) is 42.9 Å². The number of nitrogens with zero attached hydrogens (tertiary/aromatic N) is 2. The lowest BCUT2D eigenvalue weighted by molar-refractivity contribution is 0.0949. The number of aromatic nitrogens is 2. The SMILES string of the molecule is CCCn1nc(C)c(C(=O)NCC2CCCN2)c1C. The van der Waals surface area contributed by atoms with Crippen molar-refractivity contribution in [2.24, 2.45) is 0 Å². The van der Waals surface area contributed by atoms with E-state index >= 15 is 0 Å². The molecule has 2 rings (SSSR count). The van der Waals surface area contributed by atoms with Crippen LogP contribution in [0.4, 0.5) is 0 Å². The van der Waals surface area contributed by atoms with Crippen molar-refractivity contribution in [1.82, 2.24) is 20.4 Å². The first kappa shape index (κ1) is 14.1. The molecule has 19 heavy (non-hydrogen) atoms. The molecular formula is C14H24N4O. The Kier molecular flexibility index (Phi) is 4.58. The molecule has 1 aromatic heterocycles. The highest BCUT2D eigenvalue weighted by Crippen LogP contribution is 2.13. The van der Waals surface area contributed by atoms with Crippen LogP contribution in [0.2, 0.25) is 0 Å². The van der Waals surface area contributed by atoms with Gasteiger partial charge >= 0.3 is 0 Å². The lowest BCUT2D eigenvalue weighted by atomic mass is 10.1. The lowest BCUT2D eigenvalue weighted by Crippen LogP contribution is -2.37. The Morgan fingerprint density at radius 3 is 2.95 bits per heavy atom. The second kappa shape index (κ2) is 6.19. The van der Waals surface area contributed by atoms with Gasteiger partial charge < -0.3 is 10.6 Å². The van der Waals surface area contributed by atoms with Crippen LogP contribution >= 0.6 is 0 Å². The Labute approximate surface area is 114 Å². The molecule has 106 valence electrons. The van der Waals surface area contributed by atoms with Gasteiger partial charge in [0.15, 0.2) is 0 Å². The molecule has 2 N–H and O–H groups in total. The molecule has 1 saturated heterocycles. The molecule has 1 fully saturated rings. The van der Waals surface area contributed by atoms with Crippen LogP contribution in [-0.2, 0) is 6.54 Å². The molecule has 1 amide bonds. The number of carbonyl (C=O) groups excluding carboxylic acids is 1. The van der Waals surface area contributed by atoms with Crippen molar-refractivity contribution in [3.8, 4) is 0 Å². The number of hydrogen-bond donors (Lipinski definition) is 2. The molecule has 0 bridgehead atoms. The Bertz CT molecular complexity index is 447. The number of carbonyl (C=O) groups is 1. The van der Waals surface area contributed by atoms with Crippen molar-refractivity contribution in [2.75, 3.05) is 13.1 Å². The van der Waals surface area contributed by atoms with Crippen LogP contribution in [0.25, 0.3) is 0 Å². The Hall–Kier alpha value is -1.36. The molecule has 1 unspecified atom stereocenters. The zero-order chi connectivity index (χ0) is 13.8. The fourth-order valence-corrected chi connectivity index (χ4v) is 2.69. The average Bonchev–Trinajstić information content (AvgIpc) is 2.97. The summed E-state index contributed by atoms with van der Waals surface area (Å²) in [7, 11) is 0. The molecular weight excluding hydrogens is 240 g/mol. The molecule has 0 spiro atoms. The van der Waals surface area contributed by atoms with Crippen molar-refractivity contribution in [1.29, 1.82) is 0 Å². The minimum atomic E-state index is 0.00560. The van der Waals surface area contributed by atoms with Crippen molar-refractivity contribution in [3.05, 3.63) is 17.0 Å². The normalized spacial score (nSPS) is 18.8. The standard InChI is InChI=1S/C14H24N4O/c1-4-8-18-11(3)13(10(2)17-18)14(19)16-9-12-6-5-7-15-12/h12,15H,4-9H2,1-3H3,(H,16,19). The van der Waals surface area contributed by atoms with Gasteiger partial charge in [0.2, 0.25) is 0 Å². The fraction of sp³-hybridized carbons (Fsp3) is 0.714. The van der Waals surface area contributed by atoms with Crippen LogP contribution in [0.3, 0.4) is 0 Å². The predicted octanol–water partition coefficient (Wildman–Crippen LogP) is 1.39. The van der Waals surface area contributed by atoms with Crippen molar-refractivity contribution >= 4 is 5.91 Å². The van der Waals surface area contributed by atoms with E-state index in [1.165, 1.54) is 6.42 Å². The average molecular weight is 264 g/mol. The quantitative estimate of drug-likeness (QED) is 0.845. The molecule has 2 heterocycles. The van der Waals surface area contributed by atoms with E-state index in [4.69, 9.17) is 0 Å². The maximum atomic E-state index is 12.3. The molecule has 1 atom stereocenters. The Morgan fingerprint density at radius 1 is 1.53 bits per heavy atom. The summed E-state index contributed by atoms with van der Waals surface area (Å²) in [6, 6.07) is 0.426. The summed E-state index contributed by atoms with van der Waals surface area (Å²) in [5.41, 5.74) is 2.53. The van der Waals surface area contributed by atoms with Crippen molar-refractivity contribution < 1.29 is 4.79 Å². The molecule has 1 aliphatic heterocycles. The number of amides is 1. The first-order valence-electron chi connectivity index (χ1n) is 7.19. The van der Waals surface area contributed by atoms with E-state index in [-0.39, 0.29) is 5.91 Å². The van der Waals surface area contributed by atoms with E-state index in [2.05, 4.69) is 22.7 Å². The summed E-state index contributed by atoms with van der Waals surface area (Å²) in [6.45, 7) is 8.62. The van der Waals surface area contributed by atoms with Gasteiger partial charge in [-0.05, 0) is 39.7 Å². The number of nitrogens with one attached hydrogen (secondary N) is 2. The fourth-order valence-electron chi connectivity index (χ4n) is 2.69. The summed E-state index contributed by atoms with van der Waals surface area (Å²) in [5.74, 6) is 0.00560. The summed E-state index contributed by atoms with van der Waals surface area (Å²) in [6.07, 6.45) is 3.37. The van der Waals surface area contributed by atoms with E-state index < -0.39 is 0 Å². The molecule has 0 aromatic carbocycles. The van der Waals surface area contributed by atoms with Crippen molar-refractivity contribution in [2.45, 2.75) is 52.6 Å². The van der Waals surface area contributed by atoms with Crippen LogP contribution in [0.5, 0.6) is 0 Å². The number of rotatable bonds is 5. The Balaban J connectivity index is 2.01. The van der Waals surface area contributed by atoms with Crippen LogP contribution in [0.15, 0.2) is 0 Å². The van der Waals surface area contributed by atoms with Gasteiger partial charge in [0.05, 0.1) is 11.3 Å². The minimum absolute atomic E-state index is 0.00560. The van der Waals surface area contributed by atoms with Gasteiger partial charge in [0.25, 0.3) is 5.91 Å². The van der Waals surface area contributed by atoms with E-state index in [1.807, 2.05) is 18.5 Å². The van der Waals surface area contributed by atoms with Crippen LogP contribution < -0.4 is 10.6 Å². The van der Waals surface area contributed by atoms with E-state index in [1.54, 1.807) is 0 Å². The van der Waals surface area contributed by atoms with Crippen LogP contribution in [0.1, 0.15) is 47.9 Å². The molecule has 1 aliphatic rings. The minimum Gasteiger partial charge on any atom is -0.350 e. The first-order valence-corrected chi connectivity index (χ1v) is 7.19. The summed E-state index contributed by atoms with van der Waals surface area (Å²) in [4.78, 5) is 12.3. The third-order valence-electron chi connectivity index (χ3n) is 3.72. The van der Waals surface area contributed by atoms with Gasteiger partial charge in [-0.15, -0.1) is 0 Å². The van der Waals surface area contributed by atoms with Gasteiger partial charge in [-0.25, -0.2) is 0 Å². The largest absolute Gasteiger partial charge is 0.350 e. The highest BCUT2D eigenvalue weighted by molar-refractivity contribution is 5.96. The molecule has 1 aromatic rings. The molecule has 0 saturated carbocycles. The molecule has 5 heteroatoms. The lowest BCUT2D eigenvalue weighted by Gasteiger charge is -2.11. The third kappa shape index (κ3) is 3.15. The highest BCUT2D eigenvalue weighted by Gasteiger charge is 2.20. The monoisotopic (exact) mass is 264 g/mol. The van der Waals surface area contributed by atoms with Gasteiger partial charge in [0.1, 0.15) is 0 Å². The van der Waals surface area contributed by atoms with E-state index in [9.17, 15) is 4.79 Å². The predicted molar refractivity (Wildman–Crippen MR) is 75.3 cm³/mol. The Morgan fingerprint density at radius 2 is 2.32 bits per heavy atom.